The molecule has 5 heteroatoms. The molecule has 0 radical (unpaired) electrons. The number of esters is 1. The standard InChI is InChI=1S/C26H35NO4/c1-7-8-17(2)16-31-22-11-9-21(10-12-22)25(26(29)30-6)27-24(28)15-23-19(4)13-18(3)14-20(23)5/h9-14,17,25H,7-8,15-16H2,1-6H3,(H,27,28)/t17?,25-/m1/s1. The first-order valence-corrected chi connectivity index (χ1v) is 10.9. The molecule has 2 rings (SSSR count). The highest BCUT2D eigenvalue weighted by molar-refractivity contribution is 5.87. The molecule has 0 aliphatic heterocycles. The number of carbonyl (C=O) groups is 2. The zero-order chi connectivity index (χ0) is 23.0. The van der Waals surface area contributed by atoms with Crippen LogP contribution in [0, 0.1) is 26.7 Å². The average molecular weight is 426 g/mol. The van der Waals surface area contributed by atoms with Crippen molar-refractivity contribution in [3.8, 4) is 5.75 Å². The quantitative estimate of drug-likeness (QED) is 0.544. The topological polar surface area (TPSA) is 64.6 Å². The number of hydrogen-bond donors (Lipinski definition) is 1. The number of ether oxygens (including phenoxy) is 2. The fourth-order valence-corrected chi connectivity index (χ4v) is 3.83. The van der Waals surface area contributed by atoms with Crippen molar-refractivity contribution in [3.05, 3.63) is 64.2 Å². The Hall–Kier alpha value is -2.82. The van der Waals surface area contributed by atoms with Crippen LogP contribution in [0.3, 0.4) is 0 Å². The molecule has 0 saturated carbocycles. The molecule has 0 fully saturated rings. The van der Waals surface area contributed by atoms with Crippen LogP contribution in [-0.4, -0.2) is 25.6 Å². The summed E-state index contributed by atoms with van der Waals surface area (Å²) in [5.41, 5.74) is 4.95. The van der Waals surface area contributed by atoms with Crippen LogP contribution in [0.5, 0.6) is 5.75 Å². The van der Waals surface area contributed by atoms with Gasteiger partial charge >= 0.3 is 5.97 Å². The highest BCUT2D eigenvalue weighted by Crippen LogP contribution is 2.21. The molecule has 0 bridgehead atoms. The van der Waals surface area contributed by atoms with Crippen LogP contribution >= 0.6 is 0 Å². The largest absolute Gasteiger partial charge is 0.493 e. The molecule has 0 aromatic heterocycles. The van der Waals surface area contributed by atoms with Crippen molar-refractivity contribution >= 4 is 11.9 Å². The smallest absolute Gasteiger partial charge is 0.333 e. The van der Waals surface area contributed by atoms with Gasteiger partial charge in [0.25, 0.3) is 0 Å². The summed E-state index contributed by atoms with van der Waals surface area (Å²) in [5, 5.41) is 2.83. The van der Waals surface area contributed by atoms with E-state index in [2.05, 4.69) is 31.3 Å². The first kappa shape index (κ1) is 24.4. The number of rotatable bonds is 10. The molecule has 1 unspecified atom stereocenters. The van der Waals surface area contributed by atoms with Crippen molar-refractivity contribution in [2.75, 3.05) is 13.7 Å². The van der Waals surface area contributed by atoms with Gasteiger partial charge in [-0.2, -0.15) is 0 Å². The Bertz CT molecular complexity index is 866. The highest BCUT2D eigenvalue weighted by Gasteiger charge is 2.24. The zero-order valence-corrected chi connectivity index (χ0v) is 19.6. The number of carbonyl (C=O) groups excluding carboxylic acids is 2. The number of nitrogens with one attached hydrogen (secondary N) is 1. The fourth-order valence-electron chi connectivity index (χ4n) is 3.83. The van der Waals surface area contributed by atoms with Gasteiger partial charge in [0.05, 0.1) is 20.1 Å². The summed E-state index contributed by atoms with van der Waals surface area (Å²) < 4.78 is 10.8. The molecule has 168 valence electrons. The van der Waals surface area contributed by atoms with Crippen LogP contribution in [0.25, 0.3) is 0 Å². The lowest BCUT2D eigenvalue weighted by molar-refractivity contribution is -0.145. The first-order valence-electron chi connectivity index (χ1n) is 10.9. The summed E-state index contributed by atoms with van der Waals surface area (Å²) >= 11 is 0. The Balaban J connectivity index is 2.10. The van der Waals surface area contributed by atoms with Crippen LogP contribution in [0.2, 0.25) is 0 Å². The number of aryl methyl sites for hydroxylation is 3. The van der Waals surface area contributed by atoms with Crippen molar-refractivity contribution in [2.45, 2.75) is 59.9 Å². The van der Waals surface area contributed by atoms with Crippen LogP contribution < -0.4 is 10.1 Å². The summed E-state index contributed by atoms with van der Waals surface area (Å²) in [6.07, 6.45) is 2.46. The van der Waals surface area contributed by atoms with Gasteiger partial charge in [-0.25, -0.2) is 4.79 Å². The minimum Gasteiger partial charge on any atom is -0.493 e. The SMILES string of the molecule is CCCC(C)COc1ccc([C@@H](NC(=O)Cc2c(C)cc(C)cc2C)C(=O)OC)cc1. The third-order valence-corrected chi connectivity index (χ3v) is 5.45. The molecule has 1 amide bonds. The Morgan fingerprint density at radius 1 is 1.03 bits per heavy atom. The van der Waals surface area contributed by atoms with Gasteiger partial charge in [0.1, 0.15) is 5.75 Å². The lowest BCUT2D eigenvalue weighted by atomic mass is 9.97. The van der Waals surface area contributed by atoms with Gasteiger partial charge in [0, 0.05) is 0 Å². The summed E-state index contributed by atoms with van der Waals surface area (Å²) in [7, 11) is 1.32. The van der Waals surface area contributed by atoms with Crippen LogP contribution in [0.15, 0.2) is 36.4 Å². The predicted molar refractivity (Wildman–Crippen MR) is 123 cm³/mol. The second kappa shape index (κ2) is 11.5. The average Bonchev–Trinajstić information content (AvgIpc) is 2.73. The molecule has 0 aliphatic carbocycles. The lowest BCUT2D eigenvalue weighted by Crippen LogP contribution is -2.35. The molecule has 2 aromatic rings. The van der Waals surface area contributed by atoms with Gasteiger partial charge in [0.15, 0.2) is 6.04 Å². The molecular formula is C26H35NO4. The monoisotopic (exact) mass is 425 g/mol. The molecule has 2 aromatic carbocycles. The Morgan fingerprint density at radius 3 is 2.19 bits per heavy atom. The normalized spacial score (nSPS) is 12.7. The molecule has 5 nitrogen and oxygen atoms in total. The van der Waals surface area contributed by atoms with Crippen LogP contribution in [0.1, 0.15) is 60.5 Å². The second-order valence-corrected chi connectivity index (χ2v) is 8.35. The Labute approximate surface area is 186 Å². The van der Waals surface area contributed by atoms with E-state index in [1.807, 2.05) is 32.9 Å². The van der Waals surface area contributed by atoms with Crippen LogP contribution in [0.4, 0.5) is 0 Å². The van der Waals surface area contributed by atoms with Gasteiger partial charge in [-0.3, -0.25) is 4.79 Å². The maximum absolute atomic E-state index is 12.8. The maximum atomic E-state index is 12.8. The molecule has 2 atom stereocenters. The van der Waals surface area contributed by atoms with E-state index in [1.165, 1.54) is 7.11 Å². The summed E-state index contributed by atoms with van der Waals surface area (Å²) in [4.78, 5) is 25.2. The number of amides is 1. The van der Waals surface area contributed by atoms with Crippen molar-refractivity contribution < 1.29 is 19.1 Å². The van der Waals surface area contributed by atoms with E-state index in [0.29, 0.717) is 18.1 Å². The number of methoxy groups -OCH3 is 1. The Kier molecular flexibility index (Phi) is 9.10. The molecule has 0 spiro atoms. The number of hydrogen-bond acceptors (Lipinski definition) is 4. The van der Waals surface area contributed by atoms with Gasteiger partial charge in [-0.1, -0.05) is 50.1 Å². The first-order chi connectivity index (χ1) is 14.7. The van der Waals surface area contributed by atoms with E-state index in [9.17, 15) is 9.59 Å². The van der Waals surface area contributed by atoms with Gasteiger partial charge in [-0.05, 0) is 67.5 Å². The van der Waals surface area contributed by atoms with Crippen LogP contribution in [-0.2, 0) is 20.7 Å². The lowest BCUT2D eigenvalue weighted by Gasteiger charge is -2.19. The third kappa shape index (κ3) is 7.12. The fraction of sp³-hybridized carbons (Fsp3) is 0.462. The highest BCUT2D eigenvalue weighted by atomic mass is 16.5. The third-order valence-electron chi connectivity index (χ3n) is 5.45. The Morgan fingerprint density at radius 2 is 1.65 bits per heavy atom. The summed E-state index contributed by atoms with van der Waals surface area (Å²) in [6.45, 7) is 11.0. The van der Waals surface area contributed by atoms with Crippen molar-refractivity contribution in [1.82, 2.24) is 5.32 Å². The summed E-state index contributed by atoms with van der Waals surface area (Å²) in [5.74, 6) is 0.503. The minimum atomic E-state index is -0.864. The molecule has 31 heavy (non-hydrogen) atoms. The predicted octanol–water partition coefficient (Wildman–Crippen LogP) is 5.00. The van der Waals surface area contributed by atoms with E-state index < -0.39 is 12.0 Å². The molecule has 0 heterocycles. The molecular weight excluding hydrogens is 390 g/mol. The van der Waals surface area contributed by atoms with E-state index in [-0.39, 0.29) is 12.3 Å². The minimum absolute atomic E-state index is 0.210. The maximum Gasteiger partial charge on any atom is 0.333 e. The van der Waals surface area contributed by atoms with E-state index in [0.717, 1.165) is 40.8 Å². The van der Waals surface area contributed by atoms with Crippen molar-refractivity contribution in [1.29, 1.82) is 0 Å². The summed E-state index contributed by atoms with van der Waals surface area (Å²) in [6, 6.07) is 10.5. The molecule has 0 aliphatic rings. The van der Waals surface area contributed by atoms with Gasteiger partial charge in [0.2, 0.25) is 5.91 Å². The second-order valence-electron chi connectivity index (χ2n) is 8.35. The van der Waals surface area contributed by atoms with Crippen molar-refractivity contribution in [3.63, 3.8) is 0 Å². The molecule has 1 N–H and O–H groups in total. The van der Waals surface area contributed by atoms with Gasteiger partial charge in [-0.15, -0.1) is 0 Å². The van der Waals surface area contributed by atoms with E-state index in [4.69, 9.17) is 9.47 Å². The van der Waals surface area contributed by atoms with E-state index >= 15 is 0 Å². The van der Waals surface area contributed by atoms with Gasteiger partial charge < -0.3 is 14.8 Å². The number of benzene rings is 2. The molecule has 0 saturated heterocycles. The van der Waals surface area contributed by atoms with Crippen molar-refractivity contribution in [2.24, 2.45) is 5.92 Å². The zero-order valence-electron chi connectivity index (χ0n) is 19.6. The van der Waals surface area contributed by atoms with E-state index in [1.54, 1.807) is 12.1 Å².